The van der Waals surface area contributed by atoms with Crippen molar-refractivity contribution >= 4 is 32.9 Å². The van der Waals surface area contributed by atoms with E-state index in [9.17, 15) is 9.90 Å². The Morgan fingerprint density at radius 3 is 2.52 bits per heavy atom. The molecule has 0 unspecified atom stereocenters. The van der Waals surface area contributed by atoms with Gasteiger partial charge in [-0.25, -0.2) is 14.5 Å². The Balaban J connectivity index is 2.05. The SMILES string of the molecule is CC(C)c1nn(-c2ccc(Br)cc2)c2nc(C3CC3)cc(C(=O)O)c12. The molecule has 4 rings (SSSR count). The van der Waals surface area contributed by atoms with Gasteiger partial charge in [-0.3, -0.25) is 0 Å². The predicted molar refractivity (Wildman–Crippen MR) is 99.6 cm³/mol. The van der Waals surface area contributed by atoms with Crippen molar-refractivity contribution in [3.63, 3.8) is 0 Å². The van der Waals surface area contributed by atoms with Crippen molar-refractivity contribution < 1.29 is 9.90 Å². The van der Waals surface area contributed by atoms with Crippen molar-refractivity contribution in [1.29, 1.82) is 0 Å². The highest BCUT2D eigenvalue weighted by molar-refractivity contribution is 9.10. The summed E-state index contributed by atoms with van der Waals surface area (Å²) in [7, 11) is 0. The number of aromatic nitrogens is 3. The van der Waals surface area contributed by atoms with Gasteiger partial charge in [0.05, 0.1) is 22.3 Å². The summed E-state index contributed by atoms with van der Waals surface area (Å²) < 4.78 is 2.75. The summed E-state index contributed by atoms with van der Waals surface area (Å²) in [6, 6.07) is 9.53. The van der Waals surface area contributed by atoms with Crippen LogP contribution in [-0.2, 0) is 0 Å². The van der Waals surface area contributed by atoms with Crippen LogP contribution in [0.25, 0.3) is 16.7 Å². The number of hydrogen-bond donors (Lipinski definition) is 1. The summed E-state index contributed by atoms with van der Waals surface area (Å²) in [6.45, 7) is 4.04. The van der Waals surface area contributed by atoms with Crippen LogP contribution in [0.1, 0.15) is 60.3 Å². The number of carbonyl (C=O) groups is 1. The number of pyridine rings is 1. The van der Waals surface area contributed by atoms with E-state index >= 15 is 0 Å². The van der Waals surface area contributed by atoms with Crippen LogP contribution in [0, 0.1) is 0 Å². The minimum Gasteiger partial charge on any atom is -0.478 e. The maximum atomic E-state index is 11.9. The first kappa shape index (κ1) is 16.3. The highest BCUT2D eigenvalue weighted by Crippen LogP contribution is 2.41. The highest BCUT2D eigenvalue weighted by atomic mass is 79.9. The second kappa shape index (κ2) is 5.95. The molecule has 3 aromatic rings. The standard InChI is InChI=1S/C19H18BrN3O2/c1-10(2)17-16-14(19(24)25)9-15(11-3-4-11)21-18(16)23(22-17)13-7-5-12(20)6-8-13/h5-11H,3-4H2,1-2H3,(H,24,25). The van der Waals surface area contributed by atoms with Gasteiger partial charge in [0.15, 0.2) is 5.65 Å². The molecule has 1 saturated carbocycles. The molecule has 0 bridgehead atoms. The van der Waals surface area contributed by atoms with Crippen molar-refractivity contribution in [1.82, 2.24) is 14.8 Å². The Labute approximate surface area is 153 Å². The zero-order valence-electron chi connectivity index (χ0n) is 14.0. The molecule has 1 aromatic carbocycles. The van der Waals surface area contributed by atoms with Gasteiger partial charge in [0.2, 0.25) is 0 Å². The van der Waals surface area contributed by atoms with Crippen LogP contribution < -0.4 is 0 Å². The lowest BCUT2D eigenvalue weighted by molar-refractivity contribution is 0.0698. The first-order valence-electron chi connectivity index (χ1n) is 8.38. The monoisotopic (exact) mass is 399 g/mol. The van der Waals surface area contributed by atoms with Gasteiger partial charge in [-0.15, -0.1) is 0 Å². The molecule has 1 aliphatic rings. The Bertz CT molecular complexity index is 972. The molecule has 25 heavy (non-hydrogen) atoms. The smallest absolute Gasteiger partial charge is 0.336 e. The topological polar surface area (TPSA) is 68.0 Å². The van der Waals surface area contributed by atoms with Gasteiger partial charge in [0.1, 0.15) is 0 Å². The van der Waals surface area contributed by atoms with E-state index in [1.165, 1.54) is 0 Å². The minimum absolute atomic E-state index is 0.103. The van der Waals surface area contributed by atoms with Gasteiger partial charge in [-0.1, -0.05) is 29.8 Å². The number of halogens is 1. The molecule has 2 heterocycles. The van der Waals surface area contributed by atoms with Gasteiger partial charge in [-0.05, 0) is 49.1 Å². The second-order valence-electron chi connectivity index (χ2n) is 6.80. The predicted octanol–water partition coefficient (Wildman–Crippen LogP) is 4.88. The van der Waals surface area contributed by atoms with Crippen molar-refractivity contribution in [2.24, 2.45) is 0 Å². The van der Waals surface area contributed by atoms with E-state index in [0.29, 0.717) is 22.5 Å². The van der Waals surface area contributed by atoms with Gasteiger partial charge >= 0.3 is 5.97 Å². The molecule has 0 spiro atoms. The summed E-state index contributed by atoms with van der Waals surface area (Å²) in [5.41, 5.74) is 3.44. The fourth-order valence-electron chi connectivity index (χ4n) is 3.09. The maximum absolute atomic E-state index is 11.9. The van der Waals surface area contributed by atoms with Crippen LogP contribution in [0.4, 0.5) is 0 Å². The zero-order valence-corrected chi connectivity index (χ0v) is 15.6. The molecule has 0 aliphatic heterocycles. The first-order valence-corrected chi connectivity index (χ1v) is 9.18. The first-order chi connectivity index (χ1) is 12.0. The van der Waals surface area contributed by atoms with E-state index in [-0.39, 0.29) is 5.92 Å². The average Bonchev–Trinajstić information content (AvgIpc) is 3.35. The van der Waals surface area contributed by atoms with Gasteiger partial charge in [0.25, 0.3) is 0 Å². The maximum Gasteiger partial charge on any atom is 0.336 e. The molecular formula is C19H18BrN3O2. The quantitative estimate of drug-likeness (QED) is 0.678. The third kappa shape index (κ3) is 2.84. The molecule has 2 aromatic heterocycles. The Morgan fingerprint density at radius 1 is 1.28 bits per heavy atom. The van der Waals surface area contributed by atoms with Crippen LogP contribution in [0.5, 0.6) is 0 Å². The van der Waals surface area contributed by atoms with E-state index in [1.54, 1.807) is 10.7 Å². The Morgan fingerprint density at radius 2 is 1.96 bits per heavy atom. The molecule has 5 nitrogen and oxygen atoms in total. The van der Waals surface area contributed by atoms with Crippen LogP contribution >= 0.6 is 15.9 Å². The largest absolute Gasteiger partial charge is 0.478 e. The molecule has 0 atom stereocenters. The number of carboxylic acid groups (broad SMARTS) is 1. The summed E-state index contributed by atoms with van der Waals surface area (Å²) in [6.07, 6.45) is 2.14. The lowest BCUT2D eigenvalue weighted by atomic mass is 10.0. The fraction of sp³-hybridized carbons (Fsp3) is 0.316. The van der Waals surface area contributed by atoms with E-state index in [1.807, 2.05) is 38.1 Å². The van der Waals surface area contributed by atoms with Gasteiger partial charge in [-0.2, -0.15) is 5.10 Å². The number of aromatic carboxylic acids is 1. The molecule has 1 N–H and O–H groups in total. The summed E-state index contributed by atoms with van der Waals surface area (Å²) in [5, 5.41) is 15.1. The molecule has 1 aliphatic carbocycles. The highest BCUT2D eigenvalue weighted by Gasteiger charge is 2.29. The normalized spacial score (nSPS) is 14.4. The minimum atomic E-state index is -0.924. The van der Waals surface area contributed by atoms with Crippen LogP contribution in [0.3, 0.4) is 0 Å². The lowest BCUT2D eigenvalue weighted by Gasteiger charge is -2.07. The molecule has 128 valence electrons. The Kier molecular flexibility index (Phi) is 3.87. The summed E-state index contributed by atoms with van der Waals surface area (Å²) >= 11 is 3.44. The molecule has 0 saturated heterocycles. The fourth-order valence-corrected chi connectivity index (χ4v) is 3.35. The third-order valence-corrected chi connectivity index (χ3v) is 5.06. The van der Waals surface area contributed by atoms with Crippen molar-refractivity contribution in [3.8, 4) is 5.69 Å². The third-order valence-electron chi connectivity index (χ3n) is 4.53. The lowest BCUT2D eigenvalue weighted by Crippen LogP contribution is -2.03. The van der Waals surface area contributed by atoms with Crippen LogP contribution in [-0.4, -0.2) is 25.8 Å². The van der Waals surface area contributed by atoms with E-state index in [0.717, 1.165) is 34.4 Å². The second-order valence-corrected chi connectivity index (χ2v) is 7.72. The molecule has 1 fully saturated rings. The number of benzene rings is 1. The zero-order chi connectivity index (χ0) is 17.7. The van der Waals surface area contributed by atoms with Crippen molar-refractivity contribution in [2.75, 3.05) is 0 Å². The van der Waals surface area contributed by atoms with Crippen LogP contribution in [0.2, 0.25) is 0 Å². The van der Waals surface area contributed by atoms with E-state index in [4.69, 9.17) is 10.1 Å². The number of rotatable bonds is 4. The molecule has 0 radical (unpaired) electrons. The van der Waals surface area contributed by atoms with Crippen molar-refractivity contribution in [2.45, 2.75) is 38.5 Å². The van der Waals surface area contributed by atoms with E-state index < -0.39 is 5.97 Å². The summed E-state index contributed by atoms with van der Waals surface area (Å²) in [4.78, 5) is 16.7. The van der Waals surface area contributed by atoms with Gasteiger partial charge < -0.3 is 5.11 Å². The number of nitrogens with zero attached hydrogens (tertiary/aromatic N) is 3. The molecular weight excluding hydrogens is 382 g/mol. The van der Waals surface area contributed by atoms with Crippen molar-refractivity contribution in [3.05, 3.63) is 51.8 Å². The summed E-state index contributed by atoms with van der Waals surface area (Å²) in [5.74, 6) is -0.448. The number of carboxylic acids is 1. The van der Waals surface area contributed by atoms with Crippen LogP contribution in [0.15, 0.2) is 34.8 Å². The Hall–Kier alpha value is -2.21. The molecule has 6 heteroatoms. The number of fused-ring (bicyclic) bond motifs is 1. The average molecular weight is 400 g/mol. The van der Waals surface area contributed by atoms with Gasteiger partial charge in [0, 0.05) is 16.1 Å². The number of hydrogen-bond acceptors (Lipinski definition) is 3. The van der Waals surface area contributed by atoms with E-state index in [2.05, 4.69) is 15.9 Å². The molecule has 0 amide bonds.